The summed E-state index contributed by atoms with van der Waals surface area (Å²) in [5, 5.41) is 78.0. The van der Waals surface area contributed by atoms with Crippen LogP contribution in [0.4, 0.5) is 56.9 Å². The van der Waals surface area contributed by atoms with Crippen LogP contribution >= 0.6 is 24.1 Å². The Morgan fingerprint density at radius 2 is 0.842 bits per heavy atom. The van der Waals surface area contributed by atoms with Gasteiger partial charge in [0.25, 0.3) is 30.4 Å². The van der Waals surface area contributed by atoms with E-state index >= 15 is 0 Å². The molecule has 0 bridgehead atoms. The smallest absolute Gasteiger partial charge is 0.446 e. The highest BCUT2D eigenvalue weighted by atomic mass is 32.3. The van der Waals surface area contributed by atoms with Gasteiger partial charge in [0.05, 0.1) is 95.8 Å². The standard InChI is InChI=1S/C51H47N11O30S9/c1-3-62(16-18-95(67,68)32-13-15-36(86-2)35(24-32)57-61-49-41(99(77,78)79)23-27-21-38(94-92-90-66)47(45(53)43(27)51(49)64)59-55-29-6-10-31(11-7-29)88-101(83,84)85)17-19-96(69,70)33-12-14-34(39(25-33)97(71,72)73)56-60-48-40(98(74,75)76)22-26-20-37(93-91-89-65)46(44(52)42(26)50(48)63)58-54-28-4-8-30(9-5-28)87-100(80,81)82/h4-15,20-25,63-66H,3,16-19,52-53H2,1-2H3,(H,71,72,73)(H,74,75,76)(H,77,78,79)(H,80,81,82)(H,83,84,85). The van der Waals surface area contributed by atoms with Crippen molar-refractivity contribution >= 4 is 173 Å². The molecular formula is C51H47N11O30S9. The van der Waals surface area contributed by atoms with Crippen molar-refractivity contribution in [1.29, 1.82) is 0 Å². The largest absolute Gasteiger partial charge is 0.505 e. The summed E-state index contributed by atoms with van der Waals surface area (Å²) >= 11 is 0.467. The maximum atomic E-state index is 14.0. The third-order valence-electron chi connectivity index (χ3n) is 13.5. The van der Waals surface area contributed by atoms with Crippen LogP contribution in [0.5, 0.6) is 28.7 Å². The average molecular weight is 1580 g/mol. The van der Waals surface area contributed by atoms with E-state index in [4.69, 9.17) is 35.8 Å². The van der Waals surface area contributed by atoms with Gasteiger partial charge in [0, 0.05) is 13.1 Å². The van der Waals surface area contributed by atoms with Crippen molar-refractivity contribution in [2.75, 3.05) is 49.7 Å². The number of nitrogens with two attached hydrogens (primary N) is 2. The van der Waals surface area contributed by atoms with Crippen LogP contribution < -0.4 is 24.6 Å². The van der Waals surface area contributed by atoms with Crippen LogP contribution in [0.2, 0.25) is 0 Å². The van der Waals surface area contributed by atoms with Gasteiger partial charge in [0.1, 0.15) is 66.1 Å². The number of phenols is 2. The molecule has 0 radical (unpaired) electrons. The topological polar surface area (TPSA) is 640 Å². The fraction of sp³-hybridized carbons (Fsp3) is 0.137. The van der Waals surface area contributed by atoms with E-state index in [0.717, 1.165) is 86.0 Å². The Balaban J connectivity index is 1.03. The number of aromatic hydroxyl groups is 2. The maximum absolute atomic E-state index is 14.0. The predicted molar refractivity (Wildman–Crippen MR) is 350 cm³/mol. The average Bonchev–Trinajstić information content (AvgIpc) is 0.754. The first-order valence-electron chi connectivity index (χ1n) is 26.8. The van der Waals surface area contributed by atoms with Crippen LogP contribution in [-0.4, -0.2) is 146 Å². The molecule has 0 unspecified atom stereocenters. The number of anilines is 2. The highest BCUT2D eigenvalue weighted by Gasteiger charge is 2.30. The van der Waals surface area contributed by atoms with Gasteiger partial charge in [0.2, 0.25) is 0 Å². The van der Waals surface area contributed by atoms with Gasteiger partial charge in [-0.25, -0.2) is 27.4 Å². The van der Waals surface area contributed by atoms with Crippen LogP contribution in [0, 0.1) is 0 Å². The molecule has 41 nitrogen and oxygen atoms in total. The van der Waals surface area contributed by atoms with E-state index in [-0.39, 0.29) is 92.0 Å². The molecule has 0 saturated carbocycles. The van der Waals surface area contributed by atoms with Gasteiger partial charge in [-0.3, -0.25) is 22.8 Å². The van der Waals surface area contributed by atoms with E-state index in [1.54, 1.807) is 0 Å². The van der Waals surface area contributed by atoms with Crippen molar-refractivity contribution in [3.63, 3.8) is 0 Å². The number of hydrogen-bond acceptors (Lipinski definition) is 38. The molecule has 0 atom stereocenters. The zero-order valence-corrected chi connectivity index (χ0v) is 57.7. The van der Waals surface area contributed by atoms with Gasteiger partial charge in [0.15, 0.2) is 31.2 Å². The number of fused-ring (bicyclic) bond motifs is 2. The van der Waals surface area contributed by atoms with Crippen LogP contribution in [-0.2, 0) is 89.6 Å². The van der Waals surface area contributed by atoms with Crippen LogP contribution in [0.1, 0.15) is 6.92 Å². The number of phenolic OH excluding ortho intramolecular Hbond substituents is 2. The van der Waals surface area contributed by atoms with E-state index in [1.807, 2.05) is 0 Å². The first-order chi connectivity index (χ1) is 47.2. The molecule has 0 aromatic heterocycles. The van der Waals surface area contributed by atoms with E-state index in [2.05, 4.69) is 68.0 Å². The van der Waals surface area contributed by atoms with Crippen LogP contribution in [0.15, 0.2) is 184 Å². The second-order valence-electron chi connectivity index (χ2n) is 19.8. The third-order valence-corrected chi connectivity index (χ3v) is 21.5. The van der Waals surface area contributed by atoms with Gasteiger partial charge in [-0.2, -0.15) is 52.3 Å². The lowest BCUT2D eigenvalue weighted by atomic mass is 10.1. The van der Waals surface area contributed by atoms with Crippen molar-refractivity contribution in [1.82, 2.24) is 4.90 Å². The maximum Gasteiger partial charge on any atom is 0.446 e. The fourth-order valence-corrected chi connectivity index (χ4v) is 15.3. The van der Waals surface area contributed by atoms with Crippen molar-refractivity contribution in [3.05, 3.63) is 109 Å². The summed E-state index contributed by atoms with van der Waals surface area (Å²) < 4.78 is 249. The van der Waals surface area contributed by atoms with Crippen molar-refractivity contribution in [2.24, 2.45) is 40.9 Å². The Labute approximate surface area is 578 Å². The Hall–Kier alpha value is -8.85. The number of hydrogen-bond donors (Lipinski definition) is 11. The monoisotopic (exact) mass is 1580 g/mol. The van der Waals surface area contributed by atoms with Crippen molar-refractivity contribution < 1.29 is 134 Å². The van der Waals surface area contributed by atoms with E-state index < -0.39 is 175 Å². The number of rotatable bonds is 31. The lowest BCUT2D eigenvalue weighted by molar-refractivity contribution is -0.432. The highest BCUT2D eigenvalue weighted by molar-refractivity contribution is 7.95. The van der Waals surface area contributed by atoms with Crippen LogP contribution in [0.25, 0.3) is 21.5 Å². The first-order valence-corrected chi connectivity index (χ1v) is 38.7. The van der Waals surface area contributed by atoms with Gasteiger partial charge >= 0.3 is 20.8 Å². The molecule has 0 heterocycles. The molecule has 8 aromatic rings. The summed E-state index contributed by atoms with van der Waals surface area (Å²) in [6.07, 6.45) is 0. The van der Waals surface area contributed by atoms with Crippen molar-refractivity contribution in [3.8, 4) is 28.7 Å². The third kappa shape index (κ3) is 19.4. The quantitative estimate of drug-likeness (QED) is 0.00480. The number of benzene rings is 8. The summed E-state index contributed by atoms with van der Waals surface area (Å²) in [5.74, 6) is -4.65. The lowest BCUT2D eigenvalue weighted by Crippen LogP contribution is -2.33. The Kier molecular flexibility index (Phi) is 24.0. The van der Waals surface area contributed by atoms with Gasteiger partial charge < -0.3 is 39.7 Å². The zero-order chi connectivity index (χ0) is 74.4. The number of nitrogens with zero attached hydrogens (tertiary/aromatic N) is 9. The molecule has 0 fully saturated rings. The Bertz CT molecular complexity index is 5550. The molecular weight excluding hydrogens is 1540 g/mol. The number of nitrogen functional groups attached to an aromatic ring is 2. The fourth-order valence-electron chi connectivity index (χ4n) is 8.93. The molecule has 0 amide bonds. The Morgan fingerprint density at radius 3 is 1.22 bits per heavy atom. The SMILES string of the molecule is CCN(CCS(=O)(=O)c1ccc(OC)c(N=Nc2c(S(=O)(=O)O)cc3cc(SOOO)c(N=Nc4ccc(OS(=O)(=O)O)cc4)c(N)c3c2O)c1)CCS(=O)(=O)c1ccc(N=Nc2c(S(=O)(=O)O)cc3cc(SOOO)c(N=Nc4ccc(OS(=O)(=O)O)cc4)c(N)c3c2O)c(S(=O)(=O)O)c1. The molecule has 0 aliphatic heterocycles. The zero-order valence-electron chi connectivity index (χ0n) is 50.4. The van der Waals surface area contributed by atoms with E-state index in [1.165, 1.54) is 24.0 Å². The van der Waals surface area contributed by atoms with E-state index in [0.29, 0.717) is 18.2 Å². The normalized spacial score (nSPS) is 13.1. The summed E-state index contributed by atoms with van der Waals surface area (Å²) in [5.41, 5.74) is 7.68. The number of sulfone groups is 2. The number of azo groups is 4. The molecule has 8 aromatic carbocycles. The highest BCUT2D eigenvalue weighted by Crippen LogP contribution is 2.52. The minimum Gasteiger partial charge on any atom is -0.505 e. The van der Waals surface area contributed by atoms with Gasteiger partial charge in [-0.1, -0.05) is 17.0 Å². The molecule has 8 rings (SSSR count). The predicted octanol–water partition coefficient (Wildman–Crippen LogP) is 9.77. The summed E-state index contributed by atoms with van der Waals surface area (Å²) in [4.78, 5) is -3.76. The molecule has 540 valence electrons. The van der Waals surface area contributed by atoms with E-state index in [9.17, 15) is 82.8 Å². The molecule has 0 spiro atoms. The minimum absolute atomic E-state index is 0.00553. The van der Waals surface area contributed by atoms with Crippen LogP contribution in [0.3, 0.4) is 0 Å². The molecule has 13 N–H and O–H groups in total. The summed E-state index contributed by atoms with van der Waals surface area (Å²) in [7, 11) is -33.9. The molecule has 0 aliphatic rings. The Morgan fingerprint density at radius 1 is 0.455 bits per heavy atom. The number of ether oxygens (including phenoxy) is 1. The van der Waals surface area contributed by atoms with Gasteiger partial charge in [-0.05, 0) is 127 Å². The number of methoxy groups -OCH3 is 1. The second-order valence-corrected chi connectivity index (χ2v) is 31.8. The lowest BCUT2D eigenvalue weighted by Gasteiger charge is -2.20. The van der Waals surface area contributed by atoms with Gasteiger partial charge in [-0.15, -0.1) is 39.4 Å². The molecule has 50 heteroatoms. The molecule has 0 saturated heterocycles. The van der Waals surface area contributed by atoms with Crippen molar-refractivity contribution in [2.45, 2.75) is 41.2 Å². The second kappa shape index (κ2) is 31.2. The molecule has 101 heavy (non-hydrogen) atoms. The summed E-state index contributed by atoms with van der Waals surface area (Å²) in [6.45, 7) is 0.746. The minimum atomic E-state index is -5.48. The molecule has 0 aliphatic carbocycles. The first kappa shape index (κ1) is 77.9. The summed E-state index contributed by atoms with van der Waals surface area (Å²) in [6, 6.07) is 17.8.